The van der Waals surface area contributed by atoms with E-state index in [-0.39, 0.29) is 11.7 Å². The molecule has 8 heteroatoms. The van der Waals surface area contributed by atoms with E-state index >= 15 is 0 Å². The van der Waals surface area contributed by atoms with Crippen molar-refractivity contribution in [3.63, 3.8) is 0 Å². The van der Waals surface area contributed by atoms with Crippen LogP contribution in [0.5, 0.6) is 17.2 Å². The molecule has 0 unspecified atom stereocenters. The maximum absolute atomic E-state index is 12.3. The Balaban J connectivity index is 1.61. The molecule has 0 atom stereocenters. The van der Waals surface area contributed by atoms with E-state index in [1.54, 1.807) is 39.5 Å². The smallest absolute Gasteiger partial charge is 0.234 e. The number of hydrogen-bond acceptors (Lipinski definition) is 7. The Morgan fingerprint density at radius 3 is 2.41 bits per heavy atom. The fraction of sp³-hybridized carbons (Fsp3) is 0.190. The molecule has 0 fully saturated rings. The number of rotatable bonds is 8. The number of carbonyl (C=O) groups is 1. The van der Waals surface area contributed by atoms with Crippen LogP contribution >= 0.6 is 11.8 Å². The summed E-state index contributed by atoms with van der Waals surface area (Å²) in [5.74, 6) is 1.96. The topological polar surface area (TPSA) is 82.6 Å². The number of benzene rings is 2. The molecule has 0 aliphatic heterocycles. The van der Waals surface area contributed by atoms with Crippen molar-refractivity contribution in [2.45, 2.75) is 5.03 Å². The molecule has 7 nitrogen and oxygen atoms in total. The molecule has 0 aliphatic carbocycles. The van der Waals surface area contributed by atoms with Crippen molar-refractivity contribution in [2.24, 2.45) is 0 Å². The number of carbonyl (C=O) groups excluding carboxylic acids is 1. The quantitative estimate of drug-likeness (QED) is 0.563. The van der Waals surface area contributed by atoms with Gasteiger partial charge in [0.2, 0.25) is 5.91 Å². The fourth-order valence-electron chi connectivity index (χ4n) is 2.57. The molecule has 2 aromatic carbocycles. The van der Waals surface area contributed by atoms with Gasteiger partial charge in [0.15, 0.2) is 0 Å². The van der Waals surface area contributed by atoms with Crippen LogP contribution in [0.4, 0.5) is 5.69 Å². The highest BCUT2D eigenvalue weighted by Gasteiger charge is 2.11. The Hall–Kier alpha value is -3.26. The Labute approximate surface area is 173 Å². The lowest BCUT2D eigenvalue weighted by molar-refractivity contribution is -0.113. The van der Waals surface area contributed by atoms with E-state index in [1.807, 2.05) is 36.4 Å². The highest BCUT2D eigenvalue weighted by molar-refractivity contribution is 7.99. The van der Waals surface area contributed by atoms with Gasteiger partial charge in [0.25, 0.3) is 0 Å². The maximum Gasteiger partial charge on any atom is 0.234 e. The summed E-state index contributed by atoms with van der Waals surface area (Å²) in [7, 11) is 4.74. The van der Waals surface area contributed by atoms with Crippen molar-refractivity contribution in [2.75, 3.05) is 32.4 Å². The van der Waals surface area contributed by atoms with E-state index in [0.717, 1.165) is 17.0 Å². The van der Waals surface area contributed by atoms with Gasteiger partial charge in [-0.2, -0.15) is 0 Å². The number of thioether (sulfide) groups is 1. The average molecular weight is 411 g/mol. The molecule has 3 rings (SSSR count). The average Bonchev–Trinajstić information content (AvgIpc) is 2.78. The standard InChI is InChI=1S/C21H21N3O4S/c1-26-15-6-4-5-14(11-15)17-8-10-21(24-23-17)29-13-20(25)22-18-12-16(27-2)7-9-19(18)28-3/h4-12H,13H2,1-3H3,(H,22,25). The summed E-state index contributed by atoms with van der Waals surface area (Å²) in [6, 6.07) is 16.5. The fourth-order valence-corrected chi connectivity index (χ4v) is 3.18. The van der Waals surface area contributed by atoms with Crippen molar-refractivity contribution >= 4 is 23.4 Å². The molecule has 1 amide bonds. The Bertz CT molecular complexity index is 980. The van der Waals surface area contributed by atoms with Gasteiger partial charge in [0, 0.05) is 11.6 Å². The number of nitrogens with one attached hydrogen (secondary N) is 1. The highest BCUT2D eigenvalue weighted by Crippen LogP contribution is 2.29. The summed E-state index contributed by atoms with van der Waals surface area (Å²) in [6.45, 7) is 0. The lowest BCUT2D eigenvalue weighted by Crippen LogP contribution is -2.15. The zero-order valence-electron chi connectivity index (χ0n) is 16.3. The van der Waals surface area contributed by atoms with Crippen LogP contribution in [-0.4, -0.2) is 43.2 Å². The minimum absolute atomic E-state index is 0.180. The Morgan fingerprint density at radius 1 is 0.931 bits per heavy atom. The molecule has 0 radical (unpaired) electrons. The normalized spacial score (nSPS) is 10.3. The van der Waals surface area contributed by atoms with Crippen LogP contribution < -0.4 is 19.5 Å². The minimum Gasteiger partial charge on any atom is -0.497 e. The van der Waals surface area contributed by atoms with Crippen LogP contribution in [0.15, 0.2) is 59.6 Å². The van der Waals surface area contributed by atoms with Crippen LogP contribution in [0.3, 0.4) is 0 Å². The van der Waals surface area contributed by atoms with E-state index in [4.69, 9.17) is 14.2 Å². The van der Waals surface area contributed by atoms with Gasteiger partial charge in [-0.3, -0.25) is 4.79 Å². The van der Waals surface area contributed by atoms with Crippen LogP contribution in [0.25, 0.3) is 11.3 Å². The number of aromatic nitrogens is 2. The summed E-state index contributed by atoms with van der Waals surface area (Å²) in [6.07, 6.45) is 0. The van der Waals surface area contributed by atoms with Gasteiger partial charge in [-0.05, 0) is 36.4 Å². The Morgan fingerprint density at radius 2 is 1.72 bits per heavy atom. The number of nitrogens with zero attached hydrogens (tertiary/aromatic N) is 2. The van der Waals surface area contributed by atoms with Gasteiger partial charge in [0.1, 0.15) is 22.3 Å². The molecule has 0 saturated carbocycles. The second kappa shape index (κ2) is 9.79. The monoisotopic (exact) mass is 411 g/mol. The largest absolute Gasteiger partial charge is 0.497 e. The first kappa shape index (κ1) is 20.5. The number of amides is 1. The third kappa shape index (κ3) is 5.39. The van der Waals surface area contributed by atoms with Crippen molar-refractivity contribution in [1.82, 2.24) is 10.2 Å². The van der Waals surface area contributed by atoms with Crippen molar-refractivity contribution in [3.8, 4) is 28.5 Å². The third-order valence-corrected chi connectivity index (χ3v) is 4.96. The van der Waals surface area contributed by atoms with Gasteiger partial charge in [-0.15, -0.1) is 10.2 Å². The van der Waals surface area contributed by atoms with Crippen LogP contribution in [0.2, 0.25) is 0 Å². The molecule has 0 aliphatic rings. The number of hydrogen-bond donors (Lipinski definition) is 1. The van der Waals surface area contributed by atoms with Crippen LogP contribution in [-0.2, 0) is 4.79 Å². The summed E-state index contributed by atoms with van der Waals surface area (Å²) in [4.78, 5) is 12.3. The van der Waals surface area contributed by atoms with Crippen LogP contribution in [0.1, 0.15) is 0 Å². The predicted octanol–water partition coefficient (Wildman–Crippen LogP) is 3.90. The van der Waals surface area contributed by atoms with Crippen molar-refractivity contribution in [3.05, 3.63) is 54.6 Å². The third-order valence-electron chi connectivity index (χ3n) is 4.04. The number of anilines is 1. The molecular formula is C21H21N3O4S. The molecule has 1 heterocycles. The van der Waals surface area contributed by atoms with Gasteiger partial charge in [0.05, 0.1) is 38.5 Å². The lowest BCUT2D eigenvalue weighted by Gasteiger charge is -2.11. The highest BCUT2D eigenvalue weighted by atomic mass is 32.2. The minimum atomic E-state index is -0.180. The lowest BCUT2D eigenvalue weighted by atomic mass is 10.1. The van der Waals surface area contributed by atoms with Crippen molar-refractivity contribution in [1.29, 1.82) is 0 Å². The Kier molecular flexibility index (Phi) is 6.91. The zero-order valence-corrected chi connectivity index (χ0v) is 17.2. The molecule has 1 aromatic heterocycles. The van der Waals surface area contributed by atoms with E-state index in [9.17, 15) is 4.79 Å². The van der Waals surface area contributed by atoms with Gasteiger partial charge in [-0.25, -0.2) is 0 Å². The van der Waals surface area contributed by atoms with Gasteiger partial charge < -0.3 is 19.5 Å². The van der Waals surface area contributed by atoms with Crippen molar-refractivity contribution < 1.29 is 19.0 Å². The molecular weight excluding hydrogens is 390 g/mol. The van der Waals surface area contributed by atoms with E-state index in [0.29, 0.717) is 22.2 Å². The SMILES string of the molecule is COc1cccc(-c2ccc(SCC(=O)Nc3cc(OC)ccc3OC)nn2)c1. The first-order valence-electron chi connectivity index (χ1n) is 8.75. The second-order valence-electron chi connectivity index (χ2n) is 5.89. The molecule has 0 spiro atoms. The number of ether oxygens (including phenoxy) is 3. The van der Waals surface area contributed by atoms with E-state index < -0.39 is 0 Å². The molecule has 0 bridgehead atoms. The first-order chi connectivity index (χ1) is 14.1. The van der Waals surface area contributed by atoms with Gasteiger partial charge in [-0.1, -0.05) is 23.9 Å². The van der Waals surface area contributed by atoms with Gasteiger partial charge >= 0.3 is 0 Å². The second-order valence-corrected chi connectivity index (χ2v) is 6.89. The predicted molar refractivity (Wildman–Crippen MR) is 113 cm³/mol. The first-order valence-corrected chi connectivity index (χ1v) is 9.74. The van der Waals surface area contributed by atoms with E-state index in [1.165, 1.54) is 11.8 Å². The van der Waals surface area contributed by atoms with Crippen LogP contribution in [0, 0.1) is 0 Å². The molecule has 3 aromatic rings. The summed E-state index contributed by atoms with van der Waals surface area (Å²) >= 11 is 1.30. The van der Waals surface area contributed by atoms with E-state index in [2.05, 4.69) is 15.5 Å². The maximum atomic E-state index is 12.3. The molecule has 1 N–H and O–H groups in total. The summed E-state index contributed by atoms with van der Waals surface area (Å²) < 4.78 is 15.7. The zero-order chi connectivity index (χ0) is 20.6. The number of methoxy groups -OCH3 is 3. The molecule has 150 valence electrons. The summed E-state index contributed by atoms with van der Waals surface area (Å²) in [5, 5.41) is 11.9. The summed E-state index contributed by atoms with van der Waals surface area (Å²) in [5.41, 5.74) is 2.20. The molecule has 0 saturated heterocycles. The molecule has 29 heavy (non-hydrogen) atoms.